The number of nitrogens with zero attached hydrogens (tertiary/aromatic N) is 4. The minimum atomic E-state index is 0.429. The van der Waals surface area contributed by atoms with Crippen LogP contribution in [0.1, 0.15) is 49.2 Å². The van der Waals surface area contributed by atoms with Gasteiger partial charge in [-0.25, -0.2) is 4.98 Å². The Labute approximate surface area is 120 Å². The molecule has 2 aromatic rings. The third-order valence-electron chi connectivity index (χ3n) is 4.39. The van der Waals surface area contributed by atoms with Crippen LogP contribution in [0.5, 0.6) is 0 Å². The van der Waals surface area contributed by atoms with E-state index in [0.717, 1.165) is 6.54 Å². The Morgan fingerprint density at radius 3 is 2.90 bits per heavy atom. The van der Waals surface area contributed by atoms with Crippen molar-refractivity contribution < 1.29 is 0 Å². The zero-order valence-corrected chi connectivity index (χ0v) is 12.5. The van der Waals surface area contributed by atoms with E-state index in [9.17, 15) is 0 Å². The highest BCUT2D eigenvalue weighted by atomic mass is 15.3. The molecule has 5 heteroatoms. The topological polar surface area (TPSA) is 47.7 Å². The molecule has 5 nitrogen and oxygen atoms in total. The van der Waals surface area contributed by atoms with Gasteiger partial charge in [-0.15, -0.1) is 0 Å². The second-order valence-electron chi connectivity index (χ2n) is 5.88. The molecule has 0 saturated carbocycles. The molecule has 0 radical (unpaired) electrons. The summed E-state index contributed by atoms with van der Waals surface area (Å²) in [4.78, 5) is 4.35. The van der Waals surface area contributed by atoms with Gasteiger partial charge in [-0.05, 0) is 33.1 Å². The van der Waals surface area contributed by atoms with Crippen molar-refractivity contribution in [3.63, 3.8) is 0 Å². The summed E-state index contributed by atoms with van der Waals surface area (Å²) in [5.41, 5.74) is 3.77. The van der Waals surface area contributed by atoms with Crippen molar-refractivity contribution >= 4 is 0 Å². The van der Waals surface area contributed by atoms with E-state index in [-0.39, 0.29) is 0 Å². The van der Waals surface area contributed by atoms with E-state index >= 15 is 0 Å². The van der Waals surface area contributed by atoms with Crippen molar-refractivity contribution in [1.82, 2.24) is 24.6 Å². The van der Waals surface area contributed by atoms with Crippen LogP contribution < -0.4 is 5.32 Å². The van der Waals surface area contributed by atoms with Crippen molar-refractivity contribution in [3.8, 4) is 0 Å². The lowest BCUT2D eigenvalue weighted by Crippen LogP contribution is -2.35. The van der Waals surface area contributed by atoms with Crippen LogP contribution in [0, 0.1) is 6.92 Å². The molecule has 20 heavy (non-hydrogen) atoms. The third-order valence-corrected chi connectivity index (χ3v) is 4.39. The maximum atomic E-state index is 4.35. The number of aromatic nitrogens is 4. The largest absolute Gasteiger partial charge is 0.329 e. The van der Waals surface area contributed by atoms with Crippen LogP contribution in [-0.4, -0.2) is 25.4 Å². The van der Waals surface area contributed by atoms with Gasteiger partial charge in [0, 0.05) is 36.6 Å². The second-order valence-corrected chi connectivity index (χ2v) is 5.88. The molecule has 0 aliphatic carbocycles. The summed E-state index contributed by atoms with van der Waals surface area (Å²) in [5, 5.41) is 8.00. The average Bonchev–Trinajstić information content (AvgIpc) is 3.01. The number of nitrogens with one attached hydrogen (secondary N) is 1. The summed E-state index contributed by atoms with van der Waals surface area (Å²) in [7, 11) is 1.98. The molecule has 1 aliphatic rings. The molecular weight excluding hydrogens is 250 g/mol. The normalized spacial score (nSPS) is 23.1. The molecule has 3 rings (SSSR count). The lowest BCUT2D eigenvalue weighted by atomic mass is 9.97. The van der Waals surface area contributed by atoms with Crippen LogP contribution in [0.15, 0.2) is 18.7 Å². The zero-order chi connectivity index (χ0) is 14.1. The van der Waals surface area contributed by atoms with Crippen molar-refractivity contribution in [2.24, 2.45) is 7.05 Å². The van der Waals surface area contributed by atoms with E-state index in [1.165, 1.54) is 36.2 Å². The fraction of sp³-hybridized carbons (Fsp3) is 0.600. The zero-order valence-electron chi connectivity index (χ0n) is 12.5. The summed E-state index contributed by atoms with van der Waals surface area (Å²) in [6, 6.07) is 1.02. The molecule has 1 fully saturated rings. The van der Waals surface area contributed by atoms with Gasteiger partial charge in [0.05, 0.1) is 24.8 Å². The molecule has 0 amide bonds. The Bertz CT molecular complexity index is 583. The van der Waals surface area contributed by atoms with Gasteiger partial charge < -0.3 is 9.88 Å². The second kappa shape index (κ2) is 5.40. The Morgan fingerprint density at radius 2 is 2.20 bits per heavy atom. The first kappa shape index (κ1) is 13.4. The molecule has 0 bridgehead atoms. The standard InChI is InChI=1S/C15H23N5/c1-11-5-4-6-14(18-11)15-8-16-10-20(15)9-13-7-17-19(3)12(13)2/h7-8,10-11,14,18H,4-6,9H2,1-3H3. The molecule has 2 unspecified atom stereocenters. The van der Waals surface area contributed by atoms with E-state index in [4.69, 9.17) is 0 Å². The summed E-state index contributed by atoms with van der Waals surface area (Å²) < 4.78 is 4.17. The first-order valence-electron chi connectivity index (χ1n) is 7.38. The van der Waals surface area contributed by atoms with Gasteiger partial charge >= 0.3 is 0 Å². The molecule has 108 valence electrons. The van der Waals surface area contributed by atoms with Crippen molar-refractivity contribution in [3.05, 3.63) is 35.7 Å². The lowest BCUT2D eigenvalue weighted by molar-refractivity contribution is 0.330. The highest BCUT2D eigenvalue weighted by Gasteiger charge is 2.22. The number of hydrogen-bond acceptors (Lipinski definition) is 3. The molecular formula is C15H23N5. The van der Waals surface area contributed by atoms with Crippen molar-refractivity contribution in [2.75, 3.05) is 0 Å². The lowest BCUT2D eigenvalue weighted by Gasteiger charge is -2.29. The van der Waals surface area contributed by atoms with Gasteiger partial charge in [0.25, 0.3) is 0 Å². The highest BCUT2D eigenvalue weighted by Crippen LogP contribution is 2.25. The highest BCUT2D eigenvalue weighted by molar-refractivity contribution is 5.18. The van der Waals surface area contributed by atoms with Crippen LogP contribution in [0.2, 0.25) is 0 Å². The molecule has 2 atom stereocenters. The number of imidazole rings is 1. The molecule has 1 N–H and O–H groups in total. The quantitative estimate of drug-likeness (QED) is 0.932. The van der Waals surface area contributed by atoms with Crippen LogP contribution in [0.3, 0.4) is 0 Å². The average molecular weight is 273 g/mol. The van der Waals surface area contributed by atoms with Crippen molar-refractivity contribution in [1.29, 1.82) is 0 Å². The number of rotatable bonds is 3. The number of aryl methyl sites for hydroxylation is 1. The van der Waals surface area contributed by atoms with E-state index in [2.05, 4.69) is 33.8 Å². The monoisotopic (exact) mass is 273 g/mol. The fourth-order valence-corrected chi connectivity index (χ4v) is 3.01. The van der Waals surface area contributed by atoms with Gasteiger partial charge in [0.15, 0.2) is 0 Å². The summed E-state index contributed by atoms with van der Waals surface area (Å²) in [6.45, 7) is 5.22. The van der Waals surface area contributed by atoms with Gasteiger partial charge in [0.1, 0.15) is 0 Å². The SMILES string of the molecule is Cc1c(Cn2cncc2C2CCCC(C)N2)cnn1C. The predicted octanol–water partition coefficient (Wildman–Crippen LogP) is 2.18. The van der Waals surface area contributed by atoms with Gasteiger partial charge in [0.2, 0.25) is 0 Å². The Kier molecular flexibility index (Phi) is 3.61. The minimum absolute atomic E-state index is 0.429. The maximum absolute atomic E-state index is 4.35. The van der Waals surface area contributed by atoms with E-state index < -0.39 is 0 Å². The van der Waals surface area contributed by atoms with Crippen LogP contribution in [-0.2, 0) is 13.6 Å². The molecule has 2 aromatic heterocycles. The van der Waals surface area contributed by atoms with Gasteiger partial charge in [-0.3, -0.25) is 4.68 Å². The van der Waals surface area contributed by atoms with Crippen LogP contribution in [0.25, 0.3) is 0 Å². The fourth-order valence-electron chi connectivity index (χ4n) is 3.01. The summed E-state index contributed by atoms with van der Waals surface area (Å²) in [6.07, 6.45) is 9.64. The van der Waals surface area contributed by atoms with Crippen LogP contribution >= 0.6 is 0 Å². The molecule has 3 heterocycles. The molecule has 0 aromatic carbocycles. The molecule has 1 saturated heterocycles. The predicted molar refractivity (Wildman–Crippen MR) is 78.5 cm³/mol. The Morgan fingerprint density at radius 1 is 1.35 bits per heavy atom. The maximum Gasteiger partial charge on any atom is 0.0951 e. The van der Waals surface area contributed by atoms with Gasteiger partial charge in [-0.1, -0.05) is 0 Å². The van der Waals surface area contributed by atoms with E-state index in [1.807, 2.05) is 30.5 Å². The molecule has 0 spiro atoms. The first-order chi connectivity index (χ1) is 9.65. The first-order valence-corrected chi connectivity index (χ1v) is 7.38. The number of hydrogen-bond donors (Lipinski definition) is 1. The van der Waals surface area contributed by atoms with E-state index in [0.29, 0.717) is 12.1 Å². The smallest absolute Gasteiger partial charge is 0.0951 e. The Hall–Kier alpha value is -1.62. The minimum Gasteiger partial charge on any atom is -0.329 e. The van der Waals surface area contributed by atoms with Crippen molar-refractivity contribution in [2.45, 2.75) is 51.7 Å². The number of piperidine rings is 1. The van der Waals surface area contributed by atoms with Crippen LogP contribution in [0.4, 0.5) is 0 Å². The summed E-state index contributed by atoms with van der Waals surface area (Å²) >= 11 is 0. The Balaban J connectivity index is 1.81. The molecule has 1 aliphatic heterocycles. The summed E-state index contributed by atoms with van der Waals surface area (Å²) in [5.74, 6) is 0. The third kappa shape index (κ3) is 2.50. The van der Waals surface area contributed by atoms with Gasteiger partial charge in [-0.2, -0.15) is 5.10 Å². The van der Waals surface area contributed by atoms with E-state index in [1.54, 1.807) is 0 Å².